The zero-order chi connectivity index (χ0) is 29.0. The molecule has 0 spiro atoms. The molecular formula is C29H24F4N4O3. The van der Waals surface area contributed by atoms with Crippen molar-refractivity contribution in [2.24, 2.45) is 10.7 Å². The van der Waals surface area contributed by atoms with Crippen molar-refractivity contribution in [2.75, 3.05) is 6.54 Å². The first-order valence-corrected chi connectivity index (χ1v) is 12.2. The minimum absolute atomic E-state index is 0.0576. The Morgan fingerprint density at radius 3 is 2.33 bits per heavy atom. The van der Waals surface area contributed by atoms with E-state index in [-0.39, 0.29) is 29.2 Å². The van der Waals surface area contributed by atoms with E-state index in [1.165, 1.54) is 23.1 Å². The van der Waals surface area contributed by atoms with E-state index in [0.29, 0.717) is 23.6 Å². The van der Waals surface area contributed by atoms with Crippen LogP contribution in [0.2, 0.25) is 0 Å². The Labute approximate surface area is 227 Å². The number of benzene rings is 3. The predicted molar refractivity (Wildman–Crippen MR) is 140 cm³/mol. The second-order valence-corrected chi connectivity index (χ2v) is 8.90. The molecule has 1 heterocycles. The third-order valence-corrected chi connectivity index (χ3v) is 6.39. The number of nitrogens with one attached hydrogen (secondary N) is 1. The molecule has 1 aliphatic heterocycles. The number of amides is 2. The van der Waals surface area contributed by atoms with Gasteiger partial charge in [0.2, 0.25) is 0 Å². The highest BCUT2D eigenvalue weighted by Crippen LogP contribution is 2.37. The van der Waals surface area contributed by atoms with E-state index < -0.39 is 41.3 Å². The lowest BCUT2D eigenvalue weighted by molar-refractivity contribution is -0.137. The molecule has 1 aliphatic rings. The quantitative estimate of drug-likeness (QED) is 0.262. The lowest BCUT2D eigenvalue weighted by Crippen LogP contribution is -2.59. The molecule has 3 N–H and O–H groups in total. The maximum atomic E-state index is 13.9. The zero-order valence-electron chi connectivity index (χ0n) is 21.2. The van der Waals surface area contributed by atoms with Gasteiger partial charge in [-0.1, -0.05) is 36.4 Å². The lowest BCUT2D eigenvalue weighted by Gasteiger charge is -2.41. The molecule has 0 bridgehead atoms. The molecule has 1 fully saturated rings. The molecule has 1 saturated heterocycles. The number of likely N-dealkylation sites (tertiary alicyclic amines) is 1. The molecule has 2 amide bonds. The summed E-state index contributed by atoms with van der Waals surface area (Å²) in [6.07, 6.45) is -4.31. The number of allylic oxidation sites excluding steroid dienone is 1. The first kappa shape index (κ1) is 28.2. The highest BCUT2D eigenvalue weighted by atomic mass is 19.4. The van der Waals surface area contributed by atoms with E-state index in [2.05, 4.69) is 10.3 Å². The summed E-state index contributed by atoms with van der Waals surface area (Å²) in [4.78, 5) is 44.9. The van der Waals surface area contributed by atoms with Crippen LogP contribution in [0.1, 0.15) is 34.3 Å². The number of nitrogens with zero attached hydrogens (tertiary/aromatic N) is 2. The molecule has 3 aromatic carbocycles. The molecule has 0 aliphatic carbocycles. The van der Waals surface area contributed by atoms with E-state index in [1.807, 2.05) is 0 Å². The lowest BCUT2D eigenvalue weighted by atomic mass is 9.78. The van der Waals surface area contributed by atoms with Crippen molar-refractivity contribution in [3.05, 3.63) is 113 Å². The van der Waals surface area contributed by atoms with Crippen LogP contribution in [0.5, 0.6) is 0 Å². The molecule has 0 radical (unpaired) electrons. The minimum Gasteiger partial charge on any atom is -0.396 e. The van der Waals surface area contributed by atoms with Crippen molar-refractivity contribution >= 4 is 29.6 Å². The highest BCUT2D eigenvalue weighted by molar-refractivity contribution is 6.17. The van der Waals surface area contributed by atoms with E-state index >= 15 is 0 Å². The van der Waals surface area contributed by atoms with Crippen LogP contribution in [-0.4, -0.2) is 41.4 Å². The van der Waals surface area contributed by atoms with E-state index in [4.69, 9.17) is 5.73 Å². The molecule has 206 valence electrons. The first-order chi connectivity index (χ1) is 19.0. The Morgan fingerprint density at radius 2 is 1.73 bits per heavy atom. The van der Waals surface area contributed by atoms with Crippen LogP contribution in [0.4, 0.5) is 23.2 Å². The van der Waals surface area contributed by atoms with Crippen LogP contribution in [0, 0.1) is 5.82 Å². The monoisotopic (exact) mass is 552 g/mol. The SMILES string of the molecule is CCN1C(=O)C(NC(=O)c2cccc(C(F)(F)F)c2)[C@@H](c2ccc(F)cc2)/C(=C(/N)C=O)C1=Nc1ccccc1. The van der Waals surface area contributed by atoms with Gasteiger partial charge in [-0.05, 0) is 55.0 Å². The largest absolute Gasteiger partial charge is 0.416 e. The predicted octanol–water partition coefficient (Wildman–Crippen LogP) is 4.73. The molecule has 2 atom stereocenters. The second kappa shape index (κ2) is 11.5. The first-order valence-electron chi connectivity index (χ1n) is 12.2. The maximum Gasteiger partial charge on any atom is 0.416 e. The Balaban J connectivity index is 1.89. The number of aldehydes is 1. The number of carbonyl (C=O) groups excluding carboxylic acids is 3. The maximum absolute atomic E-state index is 13.9. The molecule has 0 saturated carbocycles. The highest BCUT2D eigenvalue weighted by Gasteiger charge is 2.46. The number of rotatable bonds is 6. The number of hydrogen-bond acceptors (Lipinski definition) is 5. The van der Waals surface area contributed by atoms with Crippen LogP contribution in [0.25, 0.3) is 0 Å². The fourth-order valence-electron chi connectivity index (χ4n) is 4.52. The average Bonchev–Trinajstić information content (AvgIpc) is 2.94. The van der Waals surface area contributed by atoms with Crippen molar-refractivity contribution in [3.63, 3.8) is 0 Å². The van der Waals surface area contributed by atoms with Gasteiger partial charge < -0.3 is 11.1 Å². The molecule has 11 heteroatoms. The smallest absolute Gasteiger partial charge is 0.396 e. The standard InChI is InChI=1S/C29H24F4N4O3/c1-2-37-26(35-21-9-4-3-5-10-21)24(22(34)16-38)23(17-11-13-20(30)14-12-17)25(28(37)40)36-27(39)18-7-6-8-19(15-18)29(31,32)33/h3-16,23,25H,2,34H2,1H3,(H,36,39)/b24-22-,35-26?/t23-,25?/m0/s1. The third-order valence-electron chi connectivity index (χ3n) is 6.39. The fraction of sp³-hybridized carbons (Fsp3) is 0.172. The van der Waals surface area contributed by atoms with Gasteiger partial charge >= 0.3 is 6.18 Å². The van der Waals surface area contributed by atoms with Crippen LogP contribution >= 0.6 is 0 Å². The summed E-state index contributed by atoms with van der Waals surface area (Å²) in [5, 5.41) is 2.53. The number of nitrogens with two attached hydrogens (primary N) is 1. The van der Waals surface area contributed by atoms with Crippen molar-refractivity contribution in [3.8, 4) is 0 Å². The summed E-state index contributed by atoms with van der Waals surface area (Å²) in [6, 6.07) is 15.9. The van der Waals surface area contributed by atoms with Crippen molar-refractivity contribution in [1.82, 2.24) is 10.2 Å². The number of halogens is 4. The summed E-state index contributed by atoms with van der Waals surface area (Å²) < 4.78 is 53.7. The van der Waals surface area contributed by atoms with Gasteiger partial charge in [-0.2, -0.15) is 13.2 Å². The zero-order valence-corrected chi connectivity index (χ0v) is 21.2. The average molecular weight is 553 g/mol. The van der Waals surface area contributed by atoms with Gasteiger partial charge in [0.1, 0.15) is 17.7 Å². The molecular weight excluding hydrogens is 528 g/mol. The van der Waals surface area contributed by atoms with Gasteiger partial charge in [-0.25, -0.2) is 9.38 Å². The van der Waals surface area contributed by atoms with Crippen molar-refractivity contribution in [2.45, 2.75) is 25.1 Å². The molecule has 1 unspecified atom stereocenters. The van der Waals surface area contributed by atoms with E-state index in [0.717, 1.165) is 24.3 Å². The number of alkyl halides is 3. The summed E-state index contributed by atoms with van der Waals surface area (Å²) >= 11 is 0. The number of amidine groups is 1. The minimum atomic E-state index is -4.69. The molecule has 0 aromatic heterocycles. The Morgan fingerprint density at radius 1 is 1.05 bits per heavy atom. The van der Waals surface area contributed by atoms with Gasteiger partial charge in [0, 0.05) is 23.6 Å². The summed E-state index contributed by atoms with van der Waals surface area (Å²) in [5.41, 5.74) is 5.38. The van der Waals surface area contributed by atoms with Gasteiger partial charge in [-0.15, -0.1) is 0 Å². The van der Waals surface area contributed by atoms with Crippen LogP contribution in [-0.2, 0) is 15.8 Å². The van der Waals surface area contributed by atoms with Crippen LogP contribution < -0.4 is 11.1 Å². The van der Waals surface area contributed by atoms with Crippen molar-refractivity contribution in [1.29, 1.82) is 0 Å². The fourth-order valence-corrected chi connectivity index (χ4v) is 4.52. The Hall–Kier alpha value is -4.80. The van der Waals surface area contributed by atoms with Crippen molar-refractivity contribution < 1.29 is 31.9 Å². The van der Waals surface area contributed by atoms with E-state index in [9.17, 15) is 31.9 Å². The number of aliphatic imine (C=N–C) groups is 1. The number of hydrogen-bond donors (Lipinski definition) is 2. The molecule has 7 nitrogen and oxygen atoms in total. The van der Waals surface area contributed by atoms with E-state index in [1.54, 1.807) is 37.3 Å². The number of likely N-dealkylation sites (N-methyl/N-ethyl adjacent to an activating group) is 1. The Bertz CT molecular complexity index is 1490. The van der Waals surface area contributed by atoms with Gasteiger partial charge in [0.25, 0.3) is 11.8 Å². The van der Waals surface area contributed by atoms with Gasteiger partial charge in [0.15, 0.2) is 6.29 Å². The topological polar surface area (TPSA) is 105 Å². The third kappa shape index (κ3) is 5.78. The second-order valence-electron chi connectivity index (χ2n) is 8.90. The number of piperidine rings is 1. The number of carbonyl (C=O) groups is 3. The van der Waals surface area contributed by atoms with Gasteiger partial charge in [0.05, 0.1) is 16.9 Å². The van der Waals surface area contributed by atoms with Gasteiger partial charge in [-0.3, -0.25) is 19.3 Å². The summed E-state index contributed by atoms with van der Waals surface area (Å²) in [5.74, 6) is -3.24. The summed E-state index contributed by atoms with van der Waals surface area (Å²) in [6.45, 7) is 1.71. The van der Waals surface area contributed by atoms with Crippen LogP contribution in [0.15, 0.2) is 95.1 Å². The molecule has 3 aromatic rings. The van der Waals surface area contributed by atoms with Crippen LogP contribution in [0.3, 0.4) is 0 Å². The molecule has 4 rings (SSSR count). The number of para-hydroxylation sites is 1. The summed E-state index contributed by atoms with van der Waals surface area (Å²) in [7, 11) is 0. The normalized spacial score (nSPS) is 19.9. The molecule has 40 heavy (non-hydrogen) atoms. The Kier molecular flexibility index (Phi) is 8.13.